The smallest absolute Gasteiger partial charge is 0.351 e. The van der Waals surface area contributed by atoms with Gasteiger partial charge in [0.25, 0.3) is 0 Å². The van der Waals surface area contributed by atoms with Crippen molar-refractivity contribution in [3.05, 3.63) is 24.0 Å². The number of hydrogen-bond donors (Lipinski definition) is 1. The predicted molar refractivity (Wildman–Crippen MR) is 114 cm³/mol. The van der Waals surface area contributed by atoms with E-state index in [-0.39, 0.29) is 23.9 Å². The van der Waals surface area contributed by atoms with Gasteiger partial charge in [-0.1, -0.05) is 0 Å². The van der Waals surface area contributed by atoms with Gasteiger partial charge in [-0.2, -0.15) is 13.2 Å². The predicted octanol–water partition coefficient (Wildman–Crippen LogP) is 0.839. The molecule has 1 aromatic heterocycles. The Labute approximate surface area is 186 Å². The van der Waals surface area contributed by atoms with Crippen molar-refractivity contribution in [2.24, 2.45) is 0 Å². The van der Waals surface area contributed by atoms with E-state index >= 15 is 0 Å². The van der Waals surface area contributed by atoms with Gasteiger partial charge < -0.3 is 20.0 Å². The van der Waals surface area contributed by atoms with Crippen LogP contribution in [0.25, 0.3) is 0 Å². The maximum atomic E-state index is 12.5. The molecule has 32 heavy (non-hydrogen) atoms. The van der Waals surface area contributed by atoms with Crippen molar-refractivity contribution >= 4 is 23.9 Å². The van der Waals surface area contributed by atoms with Crippen molar-refractivity contribution in [3.8, 4) is 0 Å². The number of nitrogens with zero attached hydrogens (tertiary/aromatic N) is 5. The third-order valence-electron chi connectivity index (χ3n) is 4.53. The van der Waals surface area contributed by atoms with E-state index in [1.165, 1.54) is 11.0 Å². The second kappa shape index (κ2) is 13.0. The summed E-state index contributed by atoms with van der Waals surface area (Å²) in [5.41, 5.74) is -0.758. The fraction of sp³-hybridized carbons (Fsp3) is 0.600. The number of nitrogens with one attached hydrogen (secondary N) is 1. The first kappa shape index (κ1) is 27.3. The lowest BCUT2D eigenvalue weighted by molar-refractivity contribution is -0.141. The average Bonchev–Trinajstić information content (AvgIpc) is 2.73. The molecule has 0 aromatic carbocycles. The van der Waals surface area contributed by atoms with Crippen LogP contribution in [0.5, 0.6) is 0 Å². The highest BCUT2D eigenvalue weighted by molar-refractivity contribution is 5.90. The summed E-state index contributed by atoms with van der Waals surface area (Å²) in [6, 6.07) is 2.03. The number of carbonyl (C=O) groups excluding carboxylic acids is 3. The van der Waals surface area contributed by atoms with E-state index in [2.05, 4.69) is 20.1 Å². The molecule has 1 fully saturated rings. The van der Waals surface area contributed by atoms with Crippen LogP contribution in [0.4, 0.5) is 18.9 Å². The molecule has 0 saturated carbocycles. The summed E-state index contributed by atoms with van der Waals surface area (Å²) < 4.78 is 37.4. The fourth-order valence-corrected chi connectivity index (χ4v) is 2.62. The molecule has 3 amide bonds. The van der Waals surface area contributed by atoms with Crippen molar-refractivity contribution in [1.29, 1.82) is 0 Å². The van der Waals surface area contributed by atoms with Crippen LogP contribution in [0.1, 0.15) is 12.1 Å². The molecule has 9 nitrogen and oxygen atoms in total. The van der Waals surface area contributed by atoms with E-state index in [1.54, 1.807) is 33.1 Å². The van der Waals surface area contributed by atoms with Gasteiger partial charge in [0.05, 0.1) is 18.4 Å². The summed E-state index contributed by atoms with van der Waals surface area (Å²) >= 11 is 0. The van der Waals surface area contributed by atoms with Crippen molar-refractivity contribution in [1.82, 2.24) is 24.6 Å². The SMILES string of the molecule is CN(C)C(=O)CN1CCN(CCC(=O)Nc2ccc(C(F)(F)F)nc2)CC1.CN(C)C=O. The van der Waals surface area contributed by atoms with Gasteiger partial charge in [-0.15, -0.1) is 0 Å². The molecule has 12 heteroatoms. The molecule has 2 heterocycles. The number of rotatable bonds is 7. The molecule has 0 unspecified atom stereocenters. The molecule has 1 aliphatic heterocycles. The molecule has 2 rings (SSSR count). The fourth-order valence-electron chi connectivity index (χ4n) is 2.62. The minimum Gasteiger partial charge on any atom is -0.351 e. The normalized spacial score (nSPS) is 14.7. The van der Waals surface area contributed by atoms with Gasteiger partial charge in [0, 0.05) is 67.3 Å². The molecule has 0 bridgehead atoms. The summed E-state index contributed by atoms with van der Waals surface area (Å²) in [5, 5.41) is 2.55. The van der Waals surface area contributed by atoms with Crippen molar-refractivity contribution in [2.45, 2.75) is 12.6 Å². The zero-order valence-corrected chi connectivity index (χ0v) is 18.9. The Morgan fingerprint density at radius 3 is 2.09 bits per heavy atom. The molecule has 180 valence electrons. The van der Waals surface area contributed by atoms with Gasteiger partial charge in [0.1, 0.15) is 5.69 Å². The lowest BCUT2D eigenvalue weighted by Crippen LogP contribution is -2.49. The Bertz CT molecular complexity index is 733. The minimum absolute atomic E-state index is 0.0629. The van der Waals surface area contributed by atoms with E-state index in [1.807, 2.05) is 0 Å². The molecule has 0 radical (unpaired) electrons. The topological polar surface area (TPSA) is 89.1 Å². The summed E-state index contributed by atoms with van der Waals surface area (Å²) in [6.07, 6.45) is -2.51. The van der Waals surface area contributed by atoms with Gasteiger partial charge in [-0.25, -0.2) is 4.98 Å². The standard InChI is InChI=1S/C17H24F3N5O2.C3H7NO/c1-23(2)16(27)12-25-9-7-24(8-10-25)6-5-15(26)22-13-3-4-14(21-11-13)17(18,19)20;1-4(2)3-5/h3-4,11H,5-10,12H2,1-2H3,(H,22,26);3H,1-2H3. The lowest BCUT2D eigenvalue weighted by atomic mass is 10.2. The van der Waals surface area contributed by atoms with E-state index in [0.29, 0.717) is 13.1 Å². The number of anilines is 1. The number of pyridine rings is 1. The Kier molecular flexibility index (Phi) is 11.1. The van der Waals surface area contributed by atoms with E-state index in [4.69, 9.17) is 0 Å². The third-order valence-corrected chi connectivity index (χ3v) is 4.53. The van der Waals surface area contributed by atoms with Gasteiger partial charge in [0.2, 0.25) is 18.2 Å². The Hall–Kier alpha value is -2.73. The second-order valence-electron chi connectivity index (χ2n) is 7.70. The first-order chi connectivity index (χ1) is 14.9. The maximum absolute atomic E-state index is 12.5. The third kappa shape index (κ3) is 10.5. The Morgan fingerprint density at radius 1 is 1.09 bits per heavy atom. The number of amides is 3. The number of piperazine rings is 1. The molecule has 1 N–H and O–H groups in total. The number of hydrogen-bond acceptors (Lipinski definition) is 6. The lowest BCUT2D eigenvalue weighted by Gasteiger charge is -2.34. The summed E-state index contributed by atoms with van der Waals surface area (Å²) in [6.45, 7) is 3.97. The monoisotopic (exact) mass is 460 g/mol. The van der Waals surface area contributed by atoms with E-state index in [0.717, 1.165) is 44.9 Å². The van der Waals surface area contributed by atoms with Crippen LogP contribution in [0, 0.1) is 0 Å². The van der Waals surface area contributed by atoms with E-state index in [9.17, 15) is 27.6 Å². The maximum Gasteiger partial charge on any atom is 0.433 e. The number of carbonyl (C=O) groups is 3. The van der Waals surface area contributed by atoms with Gasteiger partial charge in [-0.05, 0) is 12.1 Å². The van der Waals surface area contributed by atoms with E-state index < -0.39 is 11.9 Å². The van der Waals surface area contributed by atoms with Crippen molar-refractivity contribution < 1.29 is 27.6 Å². The van der Waals surface area contributed by atoms with Crippen LogP contribution in [0.15, 0.2) is 18.3 Å². The summed E-state index contributed by atoms with van der Waals surface area (Å²) in [5.74, 6) is -0.213. The highest BCUT2D eigenvalue weighted by atomic mass is 19.4. The molecular formula is C20H31F3N6O3. The summed E-state index contributed by atoms with van der Waals surface area (Å²) in [7, 11) is 6.83. The van der Waals surface area contributed by atoms with Crippen LogP contribution in [-0.4, -0.2) is 110 Å². The number of likely N-dealkylation sites (N-methyl/N-ethyl adjacent to an activating group) is 1. The first-order valence-corrected chi connectivity index (χ1v) is 10.0. The summed E-state index contributed by atoms with van der Waals surface area (Å²) in [4.78, 5) is 43.6. The van der Waals surface area contributed by atoms with Crippen molar-refractivity contribution in [3.63, 3.8) is 0 Å². The second-order valence-corrected chi connectivity index (χ2v) is 7.70. The minimum atomic E-state index is -4.50. The quantitative estimate of drug-likeness (QED) is 0.607. The van der Waals surface area contributed by atoms with Gasteiger partial charge in [0.15, 0.2) is 0 Å². The van der Waals surface area contributed by atoms with Crippen LogP contribution in [-0.2, 0) is 20.6 Å². The molecular weight excluding hydrogens is 429 g/mol. The first-order valence-electron chi connectivity index (χ1n) is 10.0. The number of aromatic nitrogens is 1. The molecule has 0 spiro atoms. The van der Waals surface area contributed by atoms with Crippen molar-refractivity contribution in [2.75, 3.05) is 72.8 Å². The molecule has 0 atom stereocenters. The number of alkyl halides is 3. The highest BCUT2D eigenvalue weighted by Crippen LogP contribution is 2.27. The van der Waals surface area contributed by atoms with Crippen LogP contribution in [0.3, 0.4) is 0 Å². The van der Waals surface area contributed by atoms with Gasteiger partial charge in [-0.3, -0.25) is 19.3 Å². The van der Waals surface area contributed by atoms with Crippen LogP contribution < -0.4 is 5.32 Å². The van der Waals surface area contributed by atoms with Crippen LogP contribution >= 0.6 is 0 Å². The Morgan fingerprint density at radius 2 is 1.66 bits per heavy atom. The van der Waals surface area contributed by atoms with Crippen LogP contribution in [0.2, 0.25) is 0 Å². The molecule has 1 aromatic rings. The number of halogens is 3. The largest absolute Gasteiger partial charge is 0.433 e. The Balaban J connectivity index is 0.000000920. The zero-order chi connectivity index (χ0) is 24.3. The average molecular weight is 461 g/mol. The van der Waals surface area contributed by atoms with Gasteiger partial charge >= 0.3 is 6.18 Å². The molecule has 1 saturated heterocycles. The highest BCUT2D eigenvalue weighted by Gasteiger charge is 2.32. The molecule has 0 aliphatic carbocycles. The molecule has 1 aliphatic rings. The zero-order valence-electron chi connectivity index (χ0n) is 18.9.